The van der Waals surface area contributed by atoms with Gasteiger partial charge in [0.05, 0.1) is 11.0 Å². The van der Waals surface area contributed by atoms with E-state index in [-0.39, 0.29) is 22.8 Å². The van der Waals surface area contributed by atoms with Crippen LogP contribution in [0.2, 0.25) is 4.47 Å². The molecule has 0 bridgehead atoms. The van der Waals surface area contributed by atoms with Gasteiger partial charge in [-0.25, -0.2) is 4.98 Å². The molecular formula is C18H20ClN3O3S2. The smallest absolute Gasteiger partial charge is 0.265 e. The van der Waals surface area contributed by atoms with Gasteiger partial charge in [0.25, 0.3) is 5.56 Å². The number of aromatic hydroxyl groups is 1. The van der Waals surface area contributed by atoms with E-state index in [4.69, 9.17) is 11.6 Å². The van der Waals surface area contributed by atoms with Crippen LogP contribution in [0.4, 0.5) is 0 Å². The van der Waals surface area contributed by atoms with E-state index in [0.29, 0.717) is 20.1 Å². The second-order valence-electron chi connectivity index (χ2n) is 5.17. The van der Waals surface area contributed by atoms with Crippen LogP contribution in [0.25, 0.3) is 11.1 Å². The van der Waals surface area contributed by atoms with E-state index in [9.17, 15) is 15.0 Å². The summed E-state index contributed by atoms with van der Waals surface area (Å²) < 4.78 is 1.72. The molecule has 3 rings (SSSR count). The summed E-state index contributed by atoms with van der Waals surface area (Å²) in [5, 5.41) is 20.7. The Hall–Kier alpha value is -1.87. The number of thioether (sulfide) groups is 1. The average Bonchev–Trinajstić information content (AvgIpc) is 3.12. The molecule has 2 N–H and O–H groups in total. The van der Waals surface area contributed by atoms with Crippen molar-refractivity contribution in [2.24, 2.45) is 7.05 Å². The molecule has 0 saturated carbocycles. The van der Waals surface area contributed by atoms with Gasteiger partial charge in [-0.05, 0) is 5.56 Å². The van der Waals surface area contributed by atoms with Crippen LogP contribution in [-0.2, 0) is 7.05 Å². The highest BCUT2D eigenvalue weighted by molar-refractivity contribution is 7.99. The largest absolute Gasteiger partial charge is 0.493 e. The minimum Gasteiger partial charge on any atom is -0.493 e. The van der Waals surface area contributed by atoms with Crippen LogP contribution in [0.1, 0.15) is 24.8 Å². The quantitative estimate of drug-likeness (QED) is 0.472. The molecule has 144 valence electrons. The fourth-order valence-corrected chi connectivity index (χ4v) is 4.17. The first-order valence-corrected chi connectivity index (χ1v) is 10.4. The second kappa shape index (κ2) is 9.89. The second-order valence-corrected chi connectivity index (χ2v) is 7.80. The van der Waals surface area contributed by atoms with Crippen molar-refractivity contribution >= 4 is 34.7 Å². The summed E-state index contributed by atoms with van der Waals surface area (Å²) in [6.45, 7) is 4.00. The number of aromatic nitrogens is 3. The number of thiazole rings is 1. The van der Waals surface area contributed by atoms with Gasteiger partial charge < -0.3 is 10.2 Å². The van der Waals surface area contributed by atoms with Crippen LogP contribution < -0.4 is 5.56 Å². The molecule has 0 aliphatic heterocycles. The number of hydrogen-bond donors (Lipinski definition) is 2. The zero-order valence-corrected chi connectivity index (χ0v) is 17.5. The van der Waals surface area contributed by atoms with Crippen molar-refractivity contribution in [3.63, 3.8) is 0 Å². The highest BCUT2D eigenvalue weighted by atomic mass is 35.5. The predicted molar refractivity (Wildman–Crippen MR) is 111 cm³/mol. The number of hydrogen-bond acceptors (Lipinski definition) is 7. The summed E-state index contributed by atoms with van der Waals surface area (Å²) in [5.41, 5.74) is 0.405. The number of aliphatic hydroxyl groups excluding tert-OH is 1. The monoisotopic (exact) mass is 425 g/mol. The summed E-state index contributed by atoms with van der Waals surface area (Å²) in [6, 6.07) is 8.88. The molecule has 3 aromatic rings. The number of nitrogens with zero attached hydrogens (tertiary/aromatic N) is 3. The summed E-state index contributed by atoms with van der Waals surface area (Å²) in [7, 11) is 1.58. The van der Waals surface area contributed by atoms with Crippen LogP contribution in [0, 0.1) is 0 Å². The van der Waals surface area contributed by atoms with Crippen LogP contribution in [0.3, 0.4) is 0 Å². The minimum absolute atomic E-state index is 0.155. The summed E-state index contributed by atoms with van der Waals surface area (Å²) >= 11 is 8.13. The molecule has 0 aliphatic rings. The Balaban J connectivity index is 0.00000126. The first kappa shape index (κ1) is 21.4. The molecule has 0 radical (unpaired) electrons. The summed E-state index contributed by atoms with van der Waals surface area (Å²) in [4.78, 5) is 21.2. The Bertz CT molecular complexity index is 945. The lowest BCUT2D eigenvalue weighted by molar-refractivity contribution is 0.207. The van der Waals surface area contributed by atoms with Gasteiger partial charge in [0.15, 0.2) is 9.62 Å². The van der Waals surface area contributed by atoms with Crippen LogP contribution in [0.5, 0.6) is 5.88 Å². The van der Waals surface area contributed by atoms with E-state index in [1.807, 2.05) is 19.9 Å². The number of benzene rings is 1. The molecule has 6 nitrogen and oxygen atoms in total. The highest BCUT2D eigenvalue weighted by Crippen LogP contribution is 2.30. The zero-order valence-electron chi connectivity index (χ0n) is 15.1. The Morgan fingerprint density at radius 2 is 1.96 bits per heavy atom. The fraction of sp³-hybridized carbons (Fsp3) is 0.278. The van der Waals surface area contributed by atoms with Crippen molar-refractivity contribution in [1.29, 1.82) is 0 Å². The standard InChI is InChI=1S/C16H14ClN3O3S2.C2H6/c1-20-14(23)12(9-5-3-2-4-6-9)13(22)19-16(20)24-8-10(21)11-7-18-15(17)25-11;1-2/h2-7,10,21-22H,8H2,1H3;1-2H3. The van der Waals surface area contributed by atoms with Crippen molar-refractivity contribution < 1.29 is 10.2 Å². The zero-order chi connectivity index (χ0) is 20.0. The Labute approximate surface area is 170 Å². The first-order valence-electron chi connectivity index (χ1n) is 8.25. The molecular weight excluding hydrogens is 406 g/mol. The molecule has 9 heteroatoms. The van der Waals surface area contributed by atoms with Gasteiger partial charge in [-0.3, -0.25) is 9.36 Å². The molecule has 0 spiro atoms. The van der Waals surface area contributed by atoms with Crippen molar-refractivity contribution in [2.75, 3.05) is 5.75 Å². The number of aliphatic hydroxyl groups is 1. The highest BCUT2D eigenvalue weighted by Gasteiger charge is 2.18. The van der Waals surface area contributed by atoms with Crippen molar-refractivity contribution in [3.05, 3.63) is 56.2 Å². The summed E-state index contributed by atoms with van der Waals surface area (Å²) in [6.07, 6.45) is 0.726. The van der Waals surface area contributed by atoms with Gasteiger partial charge in [-0.1, -0.05) is 67.5 Å². The molecule has 1 aromatic carbocycles. The molecule has 27 heavy (non-hydrogen) atoms. The molecule has 2 heterocycles. The normalized spacial score (nSPS) is 11.6. The third kappa shape index (κ3) is 5.10. The molecule has 1 atom stereocenters. The molecule has 2 aromatic heterocycles. The number of rotatable bonds is 5. The SMILES string of the molecule is CC.Cn1c(SCC(O)c2cnc(Cl)s2)nc(O)c(-c2ccccc2)c1=O. The third-order valence-electron chi connectivity index (χ3n) is 3.49. The molecule has 0 fully saturated rings. The van der Waals surface area contributed by atoms with E-state index >= 15 is 0 Å². The van der Waals surface area contributed by atoms with Crippen molar-refractivity contribution in [2.45, 2.75) is 25.1 Å². The first-order chi connectivity index (χ1) is 13.0. The Morgan fingerprint density at radius 3 is 2.56 bits per heavy atom. The lowest BCUT2D eigenvalue weighted by Crippen LogP contribution is -2.22. The van der Waals surface area contributed by atoms with Crippen LogP contribution >= 0.6 is 34.7 Å². The van der Waals surface area contributed by atoms with Gasteiger partial charge in [0.1, 0.15) is 5.56 Å². The lowest BCUT2D eigenvalue weighted by Gasteiger charge is -2.12. The van der Waals surface area contributed by atoms with Gasteiger partial charge in [-0.15, -0.1) is 11.3 Å². The molecule has 0 aliphatic carbocycles. The van der Waals surface area contributed by atoms with Gasteiger partial charge in [0.2, 0.25) is 5.88 Å². The minimum atomic E-state index is -0.789. The topological polar surface area (TPSA) is 88.2 Å². The molecule has 0 amide bonds. The van der Waals surface area contributed by atoms with E-state index in [0.717, 1.165) is 0 Å². The number of halogens is 1. The van der Waals surface area contributed by atoms with Gasteiger partial charge in [-0.2, -0.15) is 4.98 Å². The molecule has 0 saturated heterocycles. The Kier molecular flexibility index (Phi) is 7.85. The maximum atomic E-state index is 12.6. The van der Waals surface area contributed by atoms with E-state index in [1.54, 1.807) is 31.3 Å². The third-order valence-corrected chi connectivity index (χ3v) is 5.81. The van der Waals surface area contributed by atoms with E-state index in [2.05, 4.69) is 9.97 Å². The van der Waals surface area contributed by atoms with Crippen molar-refractivity contribution in [3.8, 4) is 17.0 Å². The van der Waals surface area contributed by atoms with Crippen molar-refractivity contribution in [1.82, 2.24) is 14.5 Å². The van der Waals surface area contributed by atoms with Crippen LogP contribution in [0.15, 0.2) is 46.5 Å². The summed E-state index contributed by atoms with van der Waals surface area (Å²) in [5.74, 6) is -0.0738. The molecule has 1 unspecified atom stereocenters. The predicted octanol–water partition coefficient (Wildman–Crippen LogP) is 4.11. The maximum absolute atomic E-state index is 12.6. The van der Waals surface area contributed by atoms with Gasteiger partial charge in [0, 0.05) is 19.0 Å². The van der Waals surface area contributed by atoms with Gasteiger partial charge >= 0.3 is 0 Å². The lowest BCUT2D eigenvalue weighted by atomic mass is 10.1. The fourth-order valence-electron chi connectivity index (χ4n) is 2.21. The van der Waals surface area contributed by atoms with E-state index in [1.165, 1.54) is 33.9 Å². The van der Waals surface area contributed by atoms with E-state index < -0.39 is 6.10 Å². The van der Waals surface area contributed by atoms with Crippen LogP contribution in [-0.4, -0.2) is 30.5 Å². The maximum Gasteiger partial charge on any atom is 0.265 e. The average molecular weight is 426 g/mol. The Morgan fingerprint density at radius 1 is 1.30 bits per heavy atom.